The number of benzene rings is 2. The normalized spacial score (nSPS) is 12.8. The largest absolute Gasteiger partial charge is 0.480 e. The highest BCUT2D eigenvalue weighted by Crippen LogP contribution is 2.19. The fourth-order valence-corrected chi connectivity index (χ4v) is 4.26. The zero-order chi connectivity index (χ0) is 21.9. The molecule has 0 aliphatic rings. The van der Waals surface area contributed by atoms with Gasteiger partial charge < -0.3 is 15.4 Å². The van der Waals surface area contributed by atoms with Crippen molar-refractivity contribution in [2.24, 2.45) is 0 Å². The van der Waals surface area contributed by atoms with Gasteiger partial charge in [-0.3, -0.25) is 4.79 Å². The lowest BCUT2D eigenvalue weighted by molar-refractivity contribution is -0.141. The third-order valence-electron chi connectivity index (χ3n) is 4.83. The molecule has 3 aromatic rings. The zero-order valence-corrected chi connectivity index (χ0v) is 17.4. The summed E-state index contributed by atoms with van der Waals surface area (Å²) >= 11 is 0. The number of aromatic amines is 1. The number of aromatic nitrogens is 1. The van der Waals surface area contributed by atoms with Gasteiger partial charge in [-0.15, -0.1) is 0 Å². The molecule has 0 aliphatic heterocycles. The molecule has 3 N–H and O–H groups in total. The number of amides is 1. The van der Waals surface area contributed by atoms with Crippen LogP contribution in [0.25, 0.3) is 10.9 Å². The lowest BCUT2D eigenvalue weighted by Gasteiger charge is -2.19. The second kappa shape index (κ2) is 8.68. The number of aryl methyl sites for hydroxylation is 1. The summed E-state index contributed by atoms with van der Waals surface area (Å²) in [5.74, 6) is -1.89. The summed E-state index contributed by atoms with van der Waals surface area (Å²) in [6, 6.07) is 12.5. The topological polar surface area (TPSA) is 120 Å². The number of rotatable bonds is 8. The number of fused-ring (bicyclic) bond motifs is 1. The van der Waals surface area contributed by atoms with Crippen LogP contribution < -0.4 is 5.32 Å². The summed E-state index contributed by atoms with van der Waals surface area (Å²) in [5.41, 5.74) is 2.53. The number of carboxylic acid groups (broad SMARTS) is 1. The van der Waals surface area contributed by atoms with Gasteiger partial charge in [0, 0.05) is 30.6 Å². The average Bonchev–Trinajstić information content (AvgIpc) is 3.10. The first-order chi connectivity index (χ1) is 14.2. The van der Waals surface area contributed by atoms with Crippen molar-refractivity contribution < 1.29 is 23.1 Å². The van der Waals surface area contributed by atoms with E-state index in [1.165, 1.54) is 19.2 Å². The molecule has 0 radical (unpaired) electrons. The van der Waals surface area contributed by atoms with Crippen molar-refractivity contribution in [2.75, 3.05) is 13.6 Å². The van der Waals surface area contributed by atoms with Crippen LogP contribution in [-0.4, -0.2) is 54.3 Å². The predicted octanol–water partition coefficient (Wildman–Crippen LogP) is 1.91. The molecule has 3 rings (SSSR count). The molecule has 0 aliphatic carbocycles. The summed E-state index contributed by atoms with van der Waals surface area (Å²) in [4.78, 5) is 27.2. The molecule has 8 nitrogen and oxygen atoms in total. The molecule has 158 valence electrons. The monoisotopic (exact) mass is 429 g/mol. The first-order valence-corrected chi connectivity index (χ1v) is 10.7. The molecule has 1 aromatic heterocycles. The average molecular weight is 429 g/mol. The molecule has 2 aromatic carbocycles. The van der Waals surface area contributed by atoms with Crippen LogP contribution in [0.15, 0.2) is 59.6 Å². The van der Waals surface area contributed by atoms with Gasteiger partial charge in [0.05, 0.1) is 11.4 Å². The van der Waals surface area contributed by atoms with Gasteiger partial charge in [-0.25, -0.2) is 13.2 Å². The third kappa shape index (κ3) is 4.69. The number of likely N-dealkylation sites (N-methyl/N-ethyl adjacent to an activating group) is 1. The number of hydrogen-bond acceptors (Lipinski definition) is 4. The van der Waals surface area contributed by atoms with E-state index < -0.39 is 34.5 Å². The van der Waals surface area contributed by atoms with Crippen LogP contribution in [0.4, 0.5) is 0 Å². The number of nitrogens with one attached hydrogen (secondary N) is 2. The Morgan fingerprint density at radius 2 is 1.80 bits per heavy atom. The molecule has 1 amide bonds. The number of nitrogens with zero attached hydrogens (tertiary/aromatic N) is 1. The van der Waals surface area contributed by atoms with Gasteiger partial charge in [0.1, 0.15) is 6.04 Å². The number of para-hydroxylation sites is 1. The van der Waals surface area contributed by atoms with E-state index in [9.17, 15) is 23.1 Å². The van der Waals surface area contributed by atoms with E-state index in [-0.39, 0.29) is 11.3 Å². The Morgan fingerprint density at radius 3 is 2.47 bits per heavy atom. The number of H-pyrrole nitrogens is 1. The van der Waals surface area contributed by atoms with E-state index >= 15 is 0 Å². The zero-order valence-electron chi connectivity index (χ0n) is 16.6. The Hall–Kier alpha value is -3.17. The third-order valence-corrected chi connectivity index (χ3v) is 6.65. The Morgan fingerprint density at radius 1 is 1.13 bits per heavy atom. The van der Waals surface area contributed by atoms with E-state index in [0.29, 0.717) is 0 Å². The summed E-state index contributed by atoms with van der Waals surface area (Å²) in [6.45, 7) is 1.35. The van der Waals surface area contributed by atoms with Crippen LogP contribution in [0.2, 0.25) is 0 Å². The van der Waals surface area contributed by atoms with Crippen LogP contribution in [-0.2, 0) is 26.0 Å². The van der Waals surface area contributed by atoms with Crippen LogP contribution in [0.1, 0.15) is 11.1 Å². The summed E-state index contributed by atoms with van der Waals surface area (Å²) in [6.07, 6.45) is 1.78. The maximum Gasteiger partial charge on any atom is 0.326 e. The number of carboxylic acids is 1. The van der Waals surface area contributed by atoms with Crippen LogP contribution >= 0.6 is 0 Å². The van der Waals surface area contributed by atoms with E-state index in [1.54, 1.807) is 18.3 Å². The van der Waals surface area contributed by atoms with E-state index in [1.807, 2.05) is 31.2 Å². The molecule has 30 heavy (non-hydrogen) atoms. The fourth-order valence-electron chi connectivity index (χ4n) is 3.14. The number of hydrogen-bond donors (Lipinski definition) is 3. The molecule has 0 bridgehead atoms. The number of carbonyl (C=O) groups excluding carboxylic acids is 1. The Balaban J connectivity index is 1.69. The molecular weight excluding hydrogens is 406 g/mol. The minimum Gasteiger partial charge on any atom is -0.480 e. The minimum absolute atomic E-state index is 0.0666. The highest BCUT2D eigenvalue weighted by Gasteiger charge is 2.26. The van der Waals surface area contributed by atoms with Crippen molar-refractivity contribution in [3.8, 4) is 0 Å². The smallest absolute Gasteiger partial charge is 0.326 e. The first-order valence-electron chi connectivity index (χ1n) is 9.28. The number of aliphatic carboxylic acids is 1. The molecule has 0 saturated heterocycles. The minimum atomic E-state index is -3.87. The lowest BCUT2D eigenvalue weighted by atomic mass is 10.1. The highest BCUT2D eigenvalue weighted by molar-refractivity contribution is 7.89. The Bertz CT molecular complexity index is 1170. The van der Waals surface area contributed by atoms with Gasteiger partial charge >= 0.3 is 5.97 Å². The molecule has 0 spiro atoms. The fraction of sp³-hybridized carbons (Fsp3) is 0.238. The summed E-state index contributed by atoms with van der Waals surface area (Å²) in [5, 5.41) is 12.8. The highest BCUT2D eigenvalue weighted by atomic mass is 32.2. The number of sulfonamides is 1. The van der Waals surface area contributed by atoms with Crippen molar-refractivity contribution >= 4 is 32.8 Å². The molecular formula is C21H23N3O5S. The van der Waals surface area contributed by atoms with Crippen molar-refractivity contribution in [3.05, 3.63) is 65.9 Å². The lowest BCUT2D eigenvalue weighted by Crippen LogP contribution is -2.46. The SMILES string of the molecule is Cc1ccc(S(=O)(=O)N(C)CC(=O)N[C@@H](Cc2c[nH]c3ccccc23)C(=O)O)cc1. The van der Waals surface area contributed by atoms with E-state index in [4.69, 9.17) is 0 Å². The maximum atomic E-state index is 12.6. The van der Waals surface area contributed by atoms with Gasteiger partial charge in [0.25, 0.3) is 0 Å². The molecule has 1 heterocycles. The standard InChI is InChI=1S/C21H23N3O5S/c1-14-7-9-16(10-8-14)30(28,29)24(2)13-20(25)23-19(21(26)27)11-15-12-22-18-6-4-3-5-17(15)18/h3-10,12,19,22H,11,13H2,1-2H3,(H,23,25)(H,26,27)/t19-/m0/s1. The van der Waals surface area contributed by atoms with Gasteiger partial charge in [0.2, 0.25) is 15.9 Å². The van der Waals surface area contributed by atoms with Gasteiger partial charge in [0.15, 0.2) is 0 Å². The van der Waals surface area contributed by atoms with E-state index in [2.05, 4.69) is 10.3 Å². The second-order valence-corrected chi connectivity index (χ2v) is 9.14. The molecule has 0 saturated carbocycles. The van der Waals surface area contributed by atoms with Crippen LogP contribution in [0.5, 0.6) is 0 Å². The Kier molecular flexibility index (Phi) is 6.23. The van der Waals surface area contributed by atoms with E-state index in [0.717, 1.165) is 26.3 Å². The van der Waals surface area contributed by atoms with Gasteiger partial charge in [-0.05, 0) is 30.7 Å². The van der Waals surface area contributed by atoms with Crippen molar-refractivity contribution in [1.29, 1.82) is 0 Å². The summed E-state index contributed by atoms with van der Waals surface area (Å²) < 4.78 is 26.2. The van der Waals surface area contributed by atoms with Crippen molar-refractivity contribution in [2.45, 2.75) is 24.3 Å². The van der Waals surface area contributed by atoms with Crippen LogP contribution in [0.3, 0.4) is 0 Å². The molecule has 0 fully saturated rings. The van der Waals surface area contributed by atoms with Crippen molar-refractivity contribution in [1.82, 2.24) is 14.6 Å². The van der Waals surface area contributed by atoms with Gasteiger partial charge in [-0.2, -0.15) is 4.31 Å². The molecule has 1 atom stereocenters. The Labute approximate surface area is 174 Å². The molecule has 0 unspecified atom stereocenters. The number of carbonyl (C=O) groups is 2. The maximum absolute atomic E-state index is 12.6. The summed E-state index contributed by atoms with van der Waals surface area (Å²) in [7, 11) is -2.58. The molecule has 9 heteroatoms. The second-order valence-electron chi connectivity index (χ2n) is 7.10. The van der Waals surface area contributed by atoms with Crippen LogP contribution in [0, 0.1) is 6.92 Å². The quantitative estimate of drug-likeness (QED) is 0.505. The predicted molar refractivity (Wildman–Crippen MR) is 113 cm³/mol. The first kappa shape index (κ1) is 21.5. The van der Waals surface area contributed by atoms with Crippen molar-refractivity contribution in [3.63, 3.8) is 0 Å². The van der Waals surface area contributed by atoms with Gasteiger partial charge in [-0.1, -0.05) is 35.9 Å².